The van der Waals surface area contributed by atoms with Crippen LogP contribution in [0, 0.1) is 0 Å². The molecule has 0 unspecified atom stereocenters. The Labute approximate surface area is 123 Å². The van der Waals surface area contributed by atoms with Crippen molar-refractivity contribution in [3.63, 3.8) is 0 Å². The van der Waals surface area contributed by atoms with Crippen LogP contribution in [0.15, 0.2) is 34.1 Å². The summed E-state index contributed by atoms with van der Waals surface area (Å²) in [4.78, 5) is 14.4. The van der Waals surface area contributed by atoms with Crippen molar-refractivity contribution in [2.45, 2.75) is 22.6 Å². The second-order valence-corrected chi connectivity index (χ2v) is 7.20. The van der Waals surface area contributed by atoms with Gasteiger partial charge in [-0.3, -0.25) is 4.79 Å². The molecule has 1 aromatic carbocycles. The predicted molar refractivity (Wildman–Crippen MR) is 79.2 cm³/mol. The van der Waals surface area contributed by atoms with Gasteiger partial charge in [0, 0.05) is 31.0 Å². The fraction of sp³-hybridized carbons (Fsp3) is 0.462. The van der Waals surface area contributed by atoms with Gasteiger partial charge in [0.05, 0.1) is 4.90 Å². The van der Waals surface area contributed by atoms with Crippen molar-refractivity contribution in [1.29, 1.82) is 0 Å². The van der Waals surface area contributed by atoms with E-state index in [1.807, 2.05) is 6.26 Å². The molecule has 1 amide bonds. The first-order valence-electron chi connectivity index (χ1n) is 6.44. The van der Waals surface area contributed by atoms with Crippen LogP contribution in [0.25, 0.3) is 0 Å². The van der Waals surface area contributed by atoms with Crippen molar-refractivity contribution in [3.05, 3.63) is 24.3 Å². The molecule has 0 radical (unpaired) electrons. The van der Waals surface area contributed by atoms with Gasteiger partial charge in [-0.1, -0.05) is 0 Å². The third-order valence-corrected chi connectivity index (χ3v) is 5.44. The number of likely N-dealkylation sites (tertiary alicyclic amines) is 1. The first-order chi connectivity index (χ1) is 9.53. The lowest BCUT2D eigenvalue weighted by atomic mass is 10.4. The number of thioether (sulfide) groups is 1. The van der Waals surface area contributed by atoms with Gasteiger partial charge in [0.1, 0.15) is 0 Å². The number of amides is 1. The number of carbonyl (C=O) groups is 1. The molecule has 0 aliphatic carbocycles. The number of rotatable bonds is 6. The Morgan fingerprint density at radius 2 is 2.00 bits per heavy atom. The van der Waals surface area contributed by atoms with Crippen LogP contribution in [0.3, 0.4) is 0 Å². The van der Waals surface area contributed by atoms with Crippen molar-refractivity contribution in [1.82, 2.24) is 9.62 Å². The standard InChI is InChI=1S/C13H18N2O3S2/c1-19-11-4-6-12(7-5-11)20(17,18)14-8-10-15-9-2-3-13(15)16/h4-7,14H,2-3,8-10H2,1H3. The van der Waals surface area contributed by atoms with Crippen LogP contribution in [0.5, 0.6) is 0 Å². The molecule has 0 saturated carbocycles. The van der Waals surface area contributed by atoms with E-state index in [-0.39, 0.29) is 17.3 Å². The highest BCUT2D eigenvalue weighted by Crippen LogP contribution is 2.17. The van der Waals surface area contributed by atoms with Crippen molar-refractivity contribution >= 4 is 27.7 Å². The molecule has 1 aromatic rings. The normalized spacial score (nSPS) is 15.8. The van der Waals surface area contributed by atoms with E-state index in [9.17, 15) is 13.2 Å². The van der Waals surface area contributed by atoms with E-state index >= 15 is 0 Å². The van der Waals surface area contributed by atoms with Crippen molar-refractivity contribution < 1.29 is 13.2 Å². The summed E-state index contributed by atoms with van der Waals surface area (Å²) >= 11 is 1.56. The average molecular weight is 314 g/mol. The summed E-state index contributed by atoms with van der Waals surface area (Å²) in [6.07, 6.45) is 3.37. The second-order valence-electron chi connectivity index (χ2n) is 4.56. The van der Waals surface area contributed by atoms with E-state index in [0.717, 1.165) is 17.9 Å². The van der Waals surface area contributed by atoms with Gasteiger partial charge >= 0.3 is 0 Å². The monoisotopic (exact) mass is 314 g/mol. The molecule has 7 heteroatoms. The van der Waals surface area contributed by atoms with Crippen molar-refractivity contribution in [2.24, 2.45) is 0 Å². The Hall–Kier alpha value is -1.05. The van der Waals surface area contributed by atoms with Crippen LogP contribution in [-0.4, -0.2) is 45.1 Å². The number of sulfonamides is 1. The molecule has 1 fully saturated rings. The van der Waals surface area contributed by atoms with Crippen molar-refractivity contribution in [3.8, 4) is 0 Å². The van der Waals surface area contributed by atoms with Crippen LogP contribution in [-0.2, 0) is 14.8 Å². The summed E-state index contributed by atoms with van der Waals surface area (Å²) in [7, 11) is -3.49. The summed E-state index contributed by atoms with van der Waals surface area (Å²) in [5, 5.41) is 0. The third kappa shape index (κ3) is 3.74. The molecule has 1 aliphatic rings. The zero-order valence-corrected chi connectivity index (χ0v) is 13.0. The molecule has 0 aromatic heterocycles. The quantitative estimate of drug-likeness (QED) is 0.804. The number of carbonyl (C=O) groups excluding carboxylic acids is 1. The first-order valence-corrected chi connectivity index (χ1v) is 9.15. The van der Waals surface area contributed by atoms with Crippen LogP contribution in [0.2, 0.25) is 0 Å². The van der Waals surface area contributed by atoms with Gasteiger partial charge in [-0.15, -0.1) is 11.8 Å². The lowest BCUT2D eigenvalue weighted by Gasteiger charge is -2.15. The Kier molecular flexibility index (Phi) is 5.06. The summed E-state index contributed by atoms with van der Waals surface area (Å²) in [5.41, 5.74) is 0. The Bertz CT molecular complexity index is 570. The average Bonchev–Trinajstić information content (AvgIpc) is 2.84. The molecule has 0 spiro atoms. The summed E-state index contributed by atoms with van der Waals surface area (Å²) in [6.45, 7) is 1.41. The second kappa shape index (κ2) is 6.60. The molecule has 1 heterocycles. The molecule has 2 rings (SSSR count). The lowest BCUT2D eigenvalue weighted by molar-refractivity contribution is -0.127. The number of nitrogens with zero attached hydrogens (tertiary/aromatic N) is 1. The van der Waals surface area contributed by atoms with E-state index < -0.39 is 10.0 Å². The van der Waals surface area contributed by atoms with Crippen LogP contribution in [0.1, 0.15) is 12.8 Å². The molecule has 0 bridgehead atoms. The molecular formula is C13H18N2O3S2. The Morgan fingerprint density at radius 3 is 2.55 bits per heavy atom. The zero-order valence-electron chi connectivity index (χ0n) is 11.3. The minimum atomic E-state index is -3.49. The maximum atomic E-state index is 12.1. The van der Waals surface area contributed by atoms with E-state index in [1.165, 1.54) is 0 Å². The van der Waals surface area contributed by atoms with Gasteiger partial charge in [-0.05, 0) is 36.9 Å². The third-order valence-electron chi connectivity index (χ3n) is 3.21. The highest BCUT2D eigenvalue weighted by Gasteiger charge is 2.20. The van der Waals surface area contributed by atoms with E-state index in [0.29, 0.717) is 13.0 Å². The Morgan fingerprint density at radius 1 is 1.30 bits per heavy atom. The Balaban J connectivity index is 1.91. The number of hydrogen-bond donors (Lipinski definition) is 1. The summed E-state index contributed by atoms with van der Waals surface area (Å²) in [5.74, 6) is 0.105. The van der Waals surface area contributed by atoms with Crippen LogP contribution >= 0.6 is 11.8 Å². The predicted octanol–water partition coefficient (Wildman–Crippen LogP) is 1.31. The zero-order chi connectivity index (χ0) is 14.6. The molecule has 110 valence electrons. The van der Waals surface area contributed by atoms with Gasteiger partial charge in [0.2, 0.25) is 15.9 Å². The molecule has 1 aliphatic heterocycles. The van der Waals surface area contributed by atoms with Crippen molar-refractivity contribution in [2.75, 3.05) is 25.9 Å². The summed E-state index contributed by atoms with van der Waals surface area (Å²) in [6, 6.07) is 6.75. The molecule has 5 nitrogen and oxygen atoms in total. The largest absolute Gasteiger partial charge is 0.341 e. The molecule has 1 saturated heterocycles. The van der Waals surface area contributed by atoms with E-state index in [1.54, 1.807) is 40.9 Å². The van der Waals surface area contributed by atoms with E-state index in [2.05, 4.69) is 4.72 Å². The van der Waals surface area contributed by atoms with Crippen LogP contribution in [0.4, 0.5) is 0 Å². The first kappa shape index (κ1) is 15.3. The SMILES string of the molecule is CSc1ccc(S(=O)(=O)NCCN2CCCC2=O)cc1. The number of hydrogen-bond acceptors (Lipinski definition) is 4. The smallest absolute Gasteiger partial charge is 0.240 e. The van der Waals surface area contributed by atoms with Gasteiger partial charge in [-0.2, -0.15) is 0 Å². The number of nitrogens with one attached hydrogen (secondary N) is 1. The van der Waals surface area contributed by atoms with Crippen LogP contribution < -0.4 is 4.72 Å². The summed E-state index contributed by atoms with van der Waals surface area (Å²) < 4.78 is 26.7. The van der Waals surface area contributed by atoms with Gasteiger partial charge in [0.25, 0.3) is 0 Å². The maximum Gasteiger partial charge on any atom is 0.240 e. The topological polar surface area (TPSA) is 66.5 Å². The minimum absolute atomic E-state index is 0.105. The molecule has 20 heavy (non-hydrogen) atoms. The highest BCUT2D eigenvalue weighted by atomic mass is 32.2. The fourth-order valence-corrected chi connectivity index (χ4v) is 3.52. The highest BCUT2D eigenvalue weighted by molar-refractivity contribution is 7.98. The lowest BCUT2D eigenvalue weighted by Crippen LogP contribution is -2.35. The van der Waals surface area contributed by atoms with Gasteiger partial charge < -0.3 is 4.90 Å². The molecule has 0 atom stereocenters. The minimum Gasteiger partial charge on any atom is -0.341 e. The number of benzene rings is 1. The van der Waals surface area contributed by atoms with E-state index in [4.69, 9.17) is 0 Å². The fourth-order valence-electron chi connectivity index (χ4n) is 2.09. The molecule has 1 N–H and O–H groups in total. The van der Waals surface area contributed by atoms with Gasteiger partial charge in [0.15, 0.2) is 0 Å². The maximum absolute atomic E-state index is 12.1. The van der Waals surface area contributed by atoms with Gasteiger partial charge in [-0.25, -0.2) is 13.1 Å². The molecular weight excluding hydrogens is 296 g/mol.